The second-order valence-corrected chi connectivity index (χ2v) is 4.99. The van der Waals surface area contributed by atoms with Gasteiger partial charge in [-0.05, 0) is 39.1 Å². The molecule has 20 heavy (non-hydrogen) atoms. The molecule has 0 spiro atoms. The van der Waals surface area contributed by atoms with Gasteiger partial charge in [-0.2, -0.15) is 0 Å². The number of amides is 1. The third-order valence-corrected chi connectivity index (χ3v) is 3.40. The summed E-state index contributed by atoms with van der Waals surface area (Å²) in [5.41, 5.74) is 6.75. The maximum Gasteiger partial charge on any atom is 0.241 e. The Labute approximate surface area is 125 Å². The summed E-state index contributed by atoms with van der Waals surface area (Å²) in [6.07, 6.45) is 0. The summed E-state index contributed by atoms with van der Waals surface area (Å²) < 4.78 is 5.28. The highest BCUT2D eigenvalue weighted by Gasteiger charge is 2.18. The van der Waals surface area contributed by atoms with E-state index in [1.807, 2.05) is 25.8 Å². The van der Waals surface area contributed by atoms with Crippen LogP contribution in [0.5, 0.6) is 0 Å². The summed E-state index contributed by atoms with van der Waals surface area (Å²) >= 11 is 6.03. The minimum Gasteiger partial charge on any atom is -0.399 e. The first-order valence-corrected chi connectivity index (χ1v) is 6.97. The molecule has 1 amide bonds. The smallest absolute Gasteiger partial charge is 0.241 e. The molecule has 0 heterocycles. The molecule has 1 rings (SSSR count). The number of carbonyl (C=O) groups is 1. The zero-order valence-corrected chi connectivity index (χ0v) is 12.9. The van der Waals surface area contributed by atoms with Crippen LogP contribution in [0.3, 0.4) is 0 Å². The molecule has 1 aromatic carbocycles. The van der Waals surface area contributed by atoms with Crippen LogP contribution < -0.4 is 11.1 Å². The third-order valence-electron chi connectivity index (χ3n) is 3.08. The fourth-order valence-corrected chi connectivity index (χ4v) is 1.85. The van der Waals surface area contributed by atoms with E-state index in [-0.39, 0.29) is 11.9 Å². The second-order valence-electron chi connectivity index (χ2n) is 4.58. The van der Waals surface area contributed by atoms with E-state index in [4.69, 9.17) is 22.1 Å². The van der Waals surface area contributed by atoms with Gasteiger partial charge in [0.2, 0.25) is 5.91 Å². The van der Waals surface area contributed by atoms with E-state index in [1.54, 1.807) is 18.2 Å². The molecule has 0 fully saturated rings. The highest BCUT2D eigenvalue weighted by atomic mass is 35.5. The van der Waals surface area contributed by atoms with Crippen molar-refractivity contribution in [2.24, 2.45) is 0 Å². The van der Waals surface area contributed by atoms with Gasteiger partial charge < -0.3 is 15.8 Å². The average molecular weight is 300 g/mol. The first-order chi connectivity index (χ1) is 9.45. The van der Waals surface area contributed by atoms with Crippen LogP contribution in [0.15, 0.2) is 18.2 Å². The third kappa shape index (κ3) is 5.00. The summed E-state index contributed by atoms with van der Waals surface area (Å²) in [7, 11) is 1.88. The molecule has 112 valence electrons. The van der Waals surface area contributed by atoms with Crippen LogP contribution in [-0.4, -0.2) is 43.7 Å². The standard InChI is InChI=1S/C14H22ClN3O2/c1-4-20-8-7-18(3)10(2)14(19)17-13-6-5-11(16)9-12(13)15/h5-6,9-10H,4,7-8,16H2,1-3H3,(H,17,19). The number of likely N-dealkylation sites (N-methyl/N-ethyl adjacent to an activating group) is 1. The van der Waals surface area contributed by atoms with E-state index in [1.165, 1.54) is 0 Å². The highest BCUT2D eigenvalue weighted by molar-refractivity contribution is 6.34. The van der Waals surface area contributed by atoms with Crippen molar-refractivity contribution in [1.29, 1.82) is 0 Å². The zero-order valence-electron chi connectivity index (χ0n) is 12.1. The van der Waals surface area contributed by atoms with Crippen LogP contribution in [0.4, 0.5) is 11.4 Å². The minimum absolute atomic E-state index is 0.115. The van der Waals surface area contributed by atoms with Gasteiger partial charge in [0.05, 0.1) is 23.4 Å². The molecule has 0 radical (unpaired) electrons. The number of nitrogens with one attached hydrogen (secondary N) is 1. The summed E-state index contributed by atoms with van der Waals surface area (Å²) in [5.74, 6) is -0.115. The first kappa shape index (κ1) is 16.8. The van der Waals surface area contributed by atoms with Crippen molar-refractivity contribution < 1.29 is 9.53 Å². The predicted molar refractivity (Wildman–Crippen MR) is 83.1 cm³/mol. The maximum absolute atomic E-state index is 12.1. The summed E-state index contributed by atoms with van der Waals surface area (Å²) in [5, 5.41) is 3.23. The van der Waals surface area contributed by atoms with E-state index in [0.29, 0.717) is 36.2 Å². The number of rotatable bonds is 7. The lowest BCUT2D eigenvalue weighted by atomic mass is 10.2. The quantitative estimate of drug-likeness (QED) is 0.598. The van der Waals surface area contributed by atoms with Crippen LogP contribution in [0.1, 0.15) is 13.8 Å². The van der Waals surface area contributed by atoms with Gasteiger partial charge in [-0.1, -0.05) is 11.6 Å². The number of hydrogen-bond acceptors (Lipinski definition) is 4. The number of anilines is 2. The molecule has 0 aliphatic carbocycles. The summed E-state index contributed by atoms with van der Waals surface area (Å²) in [6.45, 7) is 5.76. The number of benzene rings is 1. The number of nitrogens with two attached hydrogens (primary N) is 1. The number of nitrogen functional groups attached to an aromatic ring is 1. The number of halogens is 1. The number of carbonyl (C=O) groups excluding carboxylic acids is 1. The van der Waals surface area contributed by atoms with Gasteiger partial charge >= 0.3 is 0 Å². The Hall–Kier alpha value is -1.30. The Bertz CT molecular complexity index is 454. The lowest BCUT2D eigenvalue weighted by Gasteiger charge is -2.23. The Balaban J connectivity index is 2.56. The number of nitrogens with zero attached hydrogens (tertiary/aromatic N) is 1. The topological polar surface area (TPSA) is 67.6 Å². The molecular weight excluding hydrogens is 278 g/mol. The SMILES string of the molecule is CCOCCN(C)C(C)C(=O)Nc1ccc(N)cc1Cl. The van der Waals surface area contributed by atoms with Crippen LogP contribution in [0, 0.1) is 0 Å². The number of hydrogen-bond donors (Lipinski definition) is 2. The van der Waals surface area contributed by atoms with Crippen LogP contribution in [0.25, 0.3) is 0 Å². The van der Waals surface area contributed by atoms with Crippen molar-refractivity contribution in [3.8, 4) is 0 Å². The first-order valence-electron chi connectivity index (χ1n) is 6.59. The molecule has 0 saturated carbocycles. The van der Waals surface area contributed by atoms with Crippen molar-refractivity contribution >= 4 is 28.9 Å². The van der Waals surface area contributed by atoms with Gasteiger partial charge in [0.1, 0.15) is 0 Å². The summed E-state index contributed by atoms with van der Waals surface area (Å²) in [6, 6.07) is 4.73. The molecule has 1 aromatic rings. The highest BCUT2D eigenvalue weighted by Crippen LogP contribution is 2.24. The molecule has 6 heteroatoms. The van der Waals surface area contributed by atoms with E-state index in [0.717, 1.165) is 0 Å². The van der Waals surface area contributed by atoms with Crippen molar-refractivity contribution in [2.45, 2.75) is 19.9 Å². The minimum atomic E-state index is -0.274. The normalized spacial score (nSPS) is 12.4. The van der Waals surface area contributed by atoms with E-state index >= 15 is 0 Å². The molecule has 0 saturated heterocycles. The van der Waals surface area contributed by atoms with Crippen molar-refractivity contribution in [3.63, 3.8) is 0 Å². The van der Waals surface area contributed by atoms with Crippen molar-refractivity contribution in [2.75, 3.05) is 37.9 Å². The Morgan fingerprint density at radius 1 is 1.55 bits per heavy atom. The van der Waals surface area contributed by atoms with E-state index in [2.05, 4.69) is 5.32 Å². The molecule has 5 nitrogen and oxygen atoms in total. The Morgan fingerprint density at radius 3 is 2.85 bits per heavy atom. The van der Waals surface area contributed by atoms with Gasteiger partial charge in [-0.3, -0.25) is 9.69 Å². The van der Waals surface area contributed by atoms with Crippen LogP contribution in [-0.2, 0) is 9.53 Å². The zero-order chi connectivity index (χ0) is 15.1. The molecule has 0 aliphatic heterocycles. The van der Waals surface area contributed by atoms with E-state index in [9.17, 15) is 4.79 Å². The maximum atomic E-state index is 12.1. The molecule has 1 unspecified atom stereocenters. The fraction of sp³-hybridized carbons (Fsp3) is 0.500. The van der Waals surface area contributed by atoms with Crippen LogP contribution in [0.2, 0.25) is 5.02 Å². The molecule has 3 N–H and O–H groups in total. The summed E-state index contributed by atoms with van der Waals surface area (Å²) in [4.78, 5) is 14.1. The molecular formula is C14H22ClN3O2. The van der Waals surface area contributed by atoms with Gasteiger partial charge in [0.25, 0.3) is 0 Å². The Morgan fingerprint density at radius 2 is 2.25 bits per heavy atom. The fourth-order valence-electron chi connectivity index (χ4n) is 1.62. The molecule has 0 bridgehead atoms. The second kappa shape index (κ2) is 8.09. The van der Waals surface area contributed by atoms with Crippen molar-refractivity contribution in [1.82, 2.24) is 4.90 Å². The molecule has 1 atom stereocenters. The lowest BCUT2D eigenvalue weighted by Crippen LogP contribution is -2.41. The number of ether oxygens (including phenoxy) is 1. The van der Waals surface area contributed by atoms with Gasteiger partial charge in [-0.25, -0.2) is 0 Å². The predicted octanol–water partition coefficient (Wildman–Crippen LogP) is 2.22. The molecule has 0 aliphatic rings. The average Bonchev–Trinajstić information content (AvgIpc) is 2.41. The van der Waals surface area contributed by atoms with Gasteiger partial charge in [0, 0.05) is 18.8 Å². The van der Waals surface area contributed by atoms with Crippen LogP contribution >= 0.6 is 11.6 Å². The monoisotopic (exact) mass is 299 g/mol. The van der Waals surface area contributed by atoms with E-state index < -0.39 is 0 Å². The largest absolute Gasteiger partial charge is 0.399 e. The van der Waals surface area contributed by atoms with Gasteiger partial charge in [0.15, 0.2) is 0 Å². The Kier molecular flexibility index (Phi) is 6.78. The molecule has 0 aromatic heterocycles. The van der Waals surface area contributed by atoms with Gasteiger partial charge in [-0.15, -0.1) is 0 Å². The van der Waals surface area contributed by atoms with Crippen molar-refractivity contribution in [3.05, 3.63) is 23.2 Å². The lowest BCUT2D eigenvalue weighted by molar-refractivity contribution is -0.120.